The third-order valence-electron chi connectivity index (χ3n) is 2.90. The van der Waals surface area contributed by atoms with E-state index in [-0.39, 0.29) is 11.6 Å². The maximum atomic E-state index is 6.05. The lowest BCUT2D eigenvalue weighted by molar-refractivity contribution is 0.0307. The van der Waals surface area contributed by atoms with Gasteiger partial charge in [-0.15, -0.1) is 0 Å². The molecule has 1 aromatic rings. The lowest BCUT2D eigenvalue weighted by Crippen LogP contribution is -2.41. The molecule has 0 amide bonds. The van der Waals surface area contributed by atoms with Gasteiger partial charge in [-0.05, 0) is 38.8 Å². The Bertz CT molecular complexity index is 373. The molecular formula is C16H26BrNO. The van der Waals surface area contributed by atoms with Gasteiger partial charge in [0, 0.05) is 16.6 Å². The van der Waals surface area contributed by atoms with Crippen molar-refractivity contribution in [3.63, 3.8) is 0 Å². The van der Waals surface area contributed by atoms with E-state index in [1.807, 2.05) is 12.1 Å². The molecule has 0 aliphatic heterocycles. The summed E-state index contributed by atoms with van der Waals surface area (Å²) in [4.78, 5) is 0. The summed E-state index contributed by atoms with van der Waals surface area (Å²) in [5, 5.41) is 3.52. The van der Waals surface area contributed by atoms with Gasteiger partial charge in [-0.25, -0.2) is 0 Å². The monoisotopic (exact) mass is 327 g/mol. The Hall–Kier alpha value is -0.380. The highest BCUT2D eigenvalue weighted by Crippen LogP contribution is 2.18. The predicted octanol–water partition coefficient (Wildman–Crippen LogP) is 4.52. The number of nitrogens with one attached hydrogen (secondary N) is 1. The summed E-state index contributed by atoms with van der Waals surface area (Å²) in [6.07, 6.45) is 2.51. The average Bonchev–Trinajstić information content (AvgIpc) is 2.33. The van der Waals surface area contributed by atoms with Crippen molar-refractivity contribution in [2.45, 2.75) is 58.8 Å². The second kappa shape index (κ2) is 8.03. The topological polar surface area (TPSA) is 21.3 Å². The van der Waals surface area contributed by atoms with Gasteiger partial charge < -0.3 is 10.1 Å². The highest BCUT2D eigenvalue weighted by atomic mass is 79.9. The SMILES string of the molecule is CCCC(CNC(C)(C)C)OCc1ccccc1Br. The van der Waals surface area contributed by atoms with E-state index in [0.717, 1.165) is 23.9 Å². The molecule has 0 aromatic heterocycles. The van der Waals surface area contributed by atoms with E-state index < -0.39 is 0 Å². The molecule has 0 fully saturated rings. The van der Waals surface area contributed by atoms with Crippen molar-refractivity contribution in [1.29, 1.82) is 0 Å². The standard InChI is InChI=1S/C16H26BrNO/c1-5-8-14(11-18-16(2,3)4)19-12-13-9-6-7-10-15(13)17/h6-7,9-10,14,18H,5,8,11-12H2,1-4H3. The molecule has 0 radical (unpaired) electrons. The summed E-state index contributed by atoms with van der Waals surface area (Å²) in [6.45, 7) is 10.3. The summed E-state index contributed by atoms with van der Waals surface area (Å²) in [6, 6.07) is 8.23. The summed E-state index contributed by atoms with van der Waals surface area (Å²) in [5.41, 5.74) is 1.35. The molecule has 2 nitrogen and oxygen atoms in total. The molecule has 1 unspecified atom stereocenters. The van der Waals surface area contributed by atoms with Gasteiger partial charge >= 0.3 is 0 Å². The molecule has 1 atom stereocenters. The van der Waals surface area contributed by atoms with Crippen LogP contribution in [0.4, 0.5) is 0 Å². The van der Waals surface area contributed by atoms with Crippen LogP contribution in [0.1, 0.15) is 46.1 Å². The molecule has 1 rings (SSSR count). The largest absolute Gasteiger partial charge is 0.372 e. The normalized spacial score (nSPS) is 13.5. The van der Waals surface area contributed by atoms with E-state index in [1.165, 1.54) is 5.56 Å². The Morgan fingerprint density at radius 2 is 1.95 bits per heavy atom. The minimum Gasteiger partial charge on any atom is -0.372 e. The zero-order valence-corrected chi connectivity index (χ0v) is 14.1. The van der Waals surface area contributed by atoms with Crippen LogP contribution >= 0.6 is 15.9 Å². The Balaban J connectivity index is 2.47. The molecule has 0 saturated heterocycles. The van der Waals surface area contributed by atoms with E-state index in [2.05, 4.69) is 61.1 Å². The van der Waals surface area contributed by atoms with E-state index in [4.69, 9.17) is 4.74 Å². The number of hydrogen-bond acceptors (Lipinski definition) is 2. The van der Waals surface area contributed by atoms with Gasteiger partial charge in [0.2, 0.25) is 0 Å². The lowest BCUT2D eigenvalue weighted by Gasteiger charge is -2.25. The van der Waals surface area contributed by atoms with Gasteiger partial charge in [0.25, 0.3) is 0 Å². The molecule has 0 spiro atoms. The summed E-state index contributed by atoms with van der Waals surface area (Å²) >= 11 is 3.56. The number of rotatable bonds is 7. The van der Waals surface area contributed by atoms with Gasteiger partial charge in [0.1, 0.15) is 0 Å². The van der Waals surface area contributed by atoms with Crippen molar-refractivity contribution in [1.82, 2.24) is 5.32 Å². The first-order chi connectivity index (χ1) is 8.92. The van der Waals surface area contributed by atoms with Crippen LogP contribution in [0.3, 0.4) is 0 Å². The maximum absolute atomic E-state index is 6.05. The van der Waals surface area contributed by atoms with Crippen molar-refractivity contribution in [2.24, 2.45) is 0 Å². The average molecular weight is 328 g/mol. The molecule has 1 N–H and O–H groups in total. The van der Waals surface area contributed by atoms with E-state index in [0.29, 0.717) is 6.61 Å². The van der Waals surface area contributed by atoms with Crippen LogP contribution < -0.4 is 5.32 Å². The molecule has 0 saturated carbocycles. The third kappa shape index (κ3) is 7.09. The van der Waals surface area contributed by atoms with Crippen molar-refractivity contribution >= 4 is 15.9 Å². The number of ether oxygens (including phenoxy) is 1. The molecule has 3 heteroatoms. The van der Waals surface area contributed by atoms with Crippen molar-refractivity contribution in [2.75, 3.05) is 6.54 Å². The van der Waals surface area contributed by atoms with E-state index in [9.17, 15) is 0 Å². The maximum Gasteiger partial charge on any atom is 0.0732 e. The Kier molecular flexibility index (Phi) is 7.05. The quantitative estimate of drug-likeness (QED) is 0.794. The second-order valence-corrected chi connectivity index (χ2v) is 6.80. The zero-order chi connectivity index (χ0) is 14.3. The van der Waals surface area contributed by atoms with Crippen LogP contribution in [0, 0.1) is 0 Å². The minimum atomic E-state index is 0.142. The van der Waals surface area contributed by atoms with Gasteiger partial charge in [-0.1, -0.05) is 47.5 Å². The van der Waals surface area contributed by atoms with E-state index in [1.54, 1.807) is 0 Å². The van der Waals surface area contributed by atoms with Crippen LogP contribution in [-0.2, 0) is 11.3 Å². The second-order valence-electron chi connectivity index (χ2n) is 5.94. The Morgan fingerprint density at radius 1 is 1.26 bits per heavy atom. The van der Waals surface area contributed by atoms with Gasteiger partial charge in [0.15, 0.2) is 0 Å². The molecule has 0 aliphatic rings. The van der Waals surface area contributed by atoms with Crippen LogP contribution in [0.5, 0.6) is 0 Å². The van der Waals surface area contributed by atoms with Gasteiger partial charge in [-0.3, -0.25) is 0 Å². The molecule has 0 bridgehead atoms. The predicted molar refractivity (Wildman–Crippen MR) is 85.4 cm³/mol. The third-order valence-corrected chi connectivity index (χ3v) is 3.68. The lowest BCUT2D eigenvalue weighted by atomic mass is 10.1. The molecule has 0 heterocycles. The van der Waals surface area contributed by atoms with Crippen molar-refractivity contribution < 1.29 is 4.74 Å². The number of benzene rings is 1. The molecule has 19 heavy (non-hydrogen) atoms. The molecule has 0 aliphatic carbocycles. The fourth-order valence-corrected chi connectivity index (χ4v) is 2.21. The molecule has 1 aromatic carbocycles. The van der Waals surface area contributed by atoms with E-state index >= 15 is 0 Å². The van der Waals surface area contributed by atoms with Crippen molar-refractivity contribution in [3.05, 3.63) is 34.3 Å². The number of halogens is 1. The van der Waals surface area contributed by atoms with Crippen molar-refractivity contribution in [3.8, 4) is 0 Å². The smallest absolute Gasteiger partial charge is 0.0732 e. The zero-order valence-electron chi connectivity index (χ0n) is 12.5. The minimum absolute atomic E-state index is 0.142. The fourth-order valence-electron chi connectivity index (χ4n) is 1.81. The van der Waals surface area contributed by atoms with Crippen LogP contribution in [0.2, 0.25) is 0 Å². The molecule has 108 valence electrons. The first-order valence-corrected chi connectivity index (χ1v) is 7.81. The number of hydrogen-bond donors (Lipinski definition) is 1. The fraction of sp³-hybridized carbons (Fsp3) is 0.625. The Labute approximate surface area is 126 Å². The summed E-state index contributed by atoms with van der Waals surface area (Å²) < 4.78 is 7.17. The van der Waals surface area contributed by atoms with Crippen LogP contribution in [0.15, 0.2) is 28.7 Å². The first kappa shape index (κ1) is 16.7. The van der Waals surface area contributed by atoms with Crippen LogP contribution in [-0.4, -0.2) is 18.2 Å². The molecular weight excluding hydrogens is 302 g/mol. The summed E-state index contributed by atoms with van der Waals surface area (Å²) in [7, 11) is 0. The highest BCUT2D eigenvalue weighted by Gasteiger charge is 2.14. The Morgan fingerprint density at radius 3 is 2.53 bits per heavy atom. The van der Waals surface area contributed by atoms with Crippen LogP contribution in [0.25, 0.3) is 0 Å². The first-order valence-electron chi connectivity index (χ1n) is 7.02. The highest BCUT2D eigenvalue weighted by molar-refractivity contribution is 9.10. The van der Waals surface area contributed by atoms with Gasteiger partial charge in [-0.2, -0.15) is 0 Å². The summed E-state index contributed by atoms with van der Waals surface area (Å²) in [5.74, 6) is 0. The van der Waals surface area contributed by atoms with Gasteiger partial charge in [0.05, 0.1) is 12.7 Å².